The van der Waals surface area contributed by atoms with E-state index in [0.29, 0.717) is 6.54 Å². The molecule has 5 heteroatoms. The van der Waals surface area contributed by atoms with Gasteiger partial charge in [-0.2, -0.15) is 4.57 Å². The molecule has 1 amide bonds. The second-order valence-corrected chi connectivity index (χ2v) is 9.33. The molecule has 0 atom stereocenters. The van der Waals surface area contributed by atoms with Crippen molar-refractivity contribution in [1.82, 2.24) is 10.2 Å². The van der Waals surface area contributed by atoms with E-state index in [9.17, 15) is 4.79 Å². The highest BCUT2D eigenvalue weighted by Crippen LogP contribution is 2.38. The van der Waals surface area contributed by atoms with Gasteiger partial charge in [-0.05, 0) is 64.1 Å². The van der Waals surface area contributed by atoms with Crippen molar-refractivity contribution in [2.75, 3.05) is 14.1 Å². The molecule has 29 heavy (non-hydrogen) atoms. The fourth-order valence-corrected chi connectivity index (χ4v) is 3.58. The summed E-state index contributed by atoms with van der Waals surface area (Å²) in [6, 6.07) is 10.8. The number of ether oxygens (including phenoxy) is 1. The molecule has 1 aromatic carbocycles. The SMILES string of the molecule is CN(C)/C=C/c1cc[n+]2c(c1)C(C)(C)c1cc(CNC(=O)OC(C)(C)C)ccc1-2. The number of benzene rings is 1. The van der Waals surface area contributed by atoms with Gasteiger partial charge in [0, 0.05) is 44.4 Å². The number of carbonyl (C=O) groups excluding carboxylic acids is 1. The summed E-state index contributed by atoms with van der Waals surface area (Å²) in [5, 5.41) is 2.85. The average molecular weight is 395 g/mol. The molecule has 2 heterocycles. The standard InChI is InChI=1S/C24H31N3O2/c1-23(2,3)29-22(28)25-16-18-8-9-20-19(14-18)24(4,5)21-15-17(10-12-26(6)7)11-13-27(20)21/h8-15H,16H2,1-7H3/p+1. The van der Waals surface area contributed by atoms with E-state index in [-0.39, 0.29) is 5.41 Å². The minimum absolute atomic E-state index is 0.126. The zero-order valence-electron chi connectivity index (χ0n) is 18.5. The minimum atomic E-state index is -0.499. The van der Waals surface area contributed by atoms with Crippen LogP contribution < -0.4 is 9.88 Å². The number of rotatable bonds is 4. The van der Waals surface area contributed by atoms with Crippen LogP contribution in [0.1, 0.15) is 57.0 Å². The Morgan fingerprint density at radius 2 is 1.93 bits per heavy atom. The number of nitrogens with zero attached hydrogens (tertiary/aromatic N) is 2. The van der Waals surface area contributed by atoms with E-state index in [1.165, 1.54) is 22.5 Å². The van der Waals surface area contributed by atoms with Crippen molar-refractivity contribution in [3.63, 3.8) is 0 Å². The number of nitrogens with one attached hydrogen (secondary N) is 1. The van der Waals surface area contributed by atoms with E-state index in [4.69, 9.17) is 4.74 Å². The van der Waals surface area contributed by atoms with Crippen LogP contribution in [0, 0.1) is 0 Å². The molecule has 5 nitrogen and oxygen atoms in total. The lowest BCUT2D eigenvalue weighted by atomic mass is 9.82. The van der Waals surface area contributed by atoms with Crippen LogP contribution in [0.3, 0.4) is 0 Å². The Hall–Kier alpha value is -2.82. The van der Waals surface area contributed by atoms with E-state index in [2.05, 4.69) is 72.5 Å². The molecule has 1 N–H and O–H groups in total. The third-order valence-electron chi connectivity index (χ3n) is 5.01. The van der Waals surface area contributed by atoms with Gasteiger partial charge >= 0.3 is 6.09 Å². The first-order chi connectivity index (χ1) is 13.5. The molecule has 0 saturated heterocycles. The minimum Gasteiger partial charge on any atom is -0.444 e. The number of hydrogen-bond donors (Lipinski definition) is 1. The Morgan fingerprint density at radius 1 is 1.21 bits per heavy atom. The highest BCUT2D eigenvalue weighted by atomic mass is 16.6. The normalized spacial score (nSPS) is 14.4. The molecule has 0 bridgehead atoms. The molecular weight excluding hydrogens is 362 g/mol. The van der Waals surface area contributed by atoms with Crippen LogP contribution in [-0.4, -0.2) is 30.7 Å². The van der Waals surface area contributed by atoms with Crippen LogP contribution in [0.2, 0.25) is 0 Å². The van der Waals surface area contributed by atoms with Gasteiger partial charge in [0.15, 0.2) is 11.9 Å². The van der Waals surface area contributed by atoms with Gasteiger partial charge in [0.05, 0.1) is 5.41 Å². The third kappa shape index (κ3) is 4.61. The summed E-state index contributed by atoms with van der Waals surface area (Å²) in [6.07, 6.45) is 5.92. The first kappa shape index (κ1) is 20.9. The number of amides is 1. The van der Waals surface area contributed by atoms with Gasteiger partial charge in [-0.3, -0.25) is 0 Å². The van der Waals surface area contributed by atoms with Crippen LogP contribution in [0.4, 0.5) is 4.79 Å². The van der Waals surface area contributed by atoms with Crippen LogP contribution in [0.5, 0.6) is 0 Å². The molecule has 0 fully saturated rings. The molecule has 3 rings (SSSR count). The van der Waals surface area contributed by atoms with Gasteiger partial charge < -0.3 is 15.0 Å². The summed E-state index contributed by atoms with van der Waals surface area (Å²) >= 11 is 0. The number of carbonyl (C=O) groups is 1. The van der Waals surface area contributed by atoms with E-state index in [0.717, 1.165) is 5.56 Å². The van der Waals surface area contributed by atoms with Crippen molar-refractivity contribution in [1.29, 1.82) is 0 Å². The summed E-state index contributed by atoms with van der Waals surface area (Å²) in [5.41, 5.74) is 5.32. The second kappa shape index (κ2) is 7.54. The van der Waals surface area contributed by atoms with Gasteiger partial charge in [-0.25, -0.2) is 4.79 Å². The molecule has 0 radical (unpaired) electrons. The van der Waals surface area contributed by atoms with Crippen molar-refractivity contribution in [3.8, 4) is 5.69 Å². The largest absolute Gasteiger partial charge is 0.444 e. The third-order valence-corrected chi connectivity index (χ3v) is 5.01. The quantitative estimate of drug-likeness (QED) is 0.792. The second-order valence-electron chi connectivity index (χ2n) is 9.33. The van der Waals surface area contributed by atoms with Crippen LogP contribution in [-0.2, 0) is 16.7 Å². The summed E-state index contributed by atoms with van der Waals surface area (Å²) in [4.78, 5) is 14.0. The molecule has 1 aliphatic heterocycles. The summed E-state index contributed by atoms with van der Waals surface area (Å²) in [5.74, 6) is 0. The van der Waals surface area contributed by atoms with Crippen LogP contribution in [0.25, 0.3) is 11.8 Å². The van der Waals surface area contributed by atoms with E-state index in [1.807, 2.05) is 39.8 Å². The highest BCUT2D eigenvalue weighted by Gasteiger charge is 2.43. The topological polar surface area (TPSA) is 45.5 Å². The van der Waals surface area contributed by atoms with Gasteiger partial charge in [-0.1, -0.05) is 6.07 Å². The first-order valence-corrected chi connectivity index (χ1v) is 9.99. The summed E-state index contributed by atoms with van der Waals surface area (Å²) in [6.45, 7) is 10.5. The number of fused-ring (bicyclic) bond motifs is 3. The van der Waals surface area contributed by atoms with E-state index in [1.54, 1.807) is 0 Å². The Balaban J connectivity index is 1.84. The molecule has 1 aliphatic rings. The maximum absolute atomic E-state index is 12.0. The molecule has 0 unspecified atom stereocenters. The van der Waals surface area contributed by atoms with Gasteiger partial charge in [-0.15, -0.1) is 0 Å². The Kier molecular flexibility index (Phi) is 5.44. The van der Waals surface area contributed by atoms with E-state index >= 15 is 0 Å². The summed E-state index contributed by atoms with van der Waals surface area (Å²) < 4.78 is 7.59. The number of hydrogen-bond acceptors (Lipinski definition) is 3. The lowest BCUT2D eigenvalue weighted by Gasteiger charge is -2.20. The maximum atomic E-state index is 12.0. The first-order valence-electron chi connectivity index (χ1n) is 9.99. The number of pyridine rings is 1. The molecule has 2 aromatic rings. The maximum Gasteiger partial charge on any atom is 0.407 e. The predicted octanol–water partition coefficient (Wildman–Crippen LogP) is 4.16. The van der Waals surface area contributed by atoms with Crippen LogP contribution in [0.15, 0.2) is 42.7 Å². The number of aromatic nitrogens is 1. The molecule has 0 aliphatic carbocycles. The lowest BCUT2D eigenvalue weighted by Crippen LogP contribution is -2.34. The molecule has 154 valence electrons. The fraction of sp³-hybridized carbons (Fsp3) is 0.417. The lowest BCUT2D eigenvalue weighted by molar-refractivity contribution is -0.599. The molecule has 1 aromatic heterocycles. The van der Waals surface area contributed by atoms with Crippen LogP contribution >= 0.6 is 0 Å². The Morgan fingerprint density at radius 3 is 2.59 bits per heavy atom. The van der Waals surface area contributed by atoms with Gasteiger partial charge in [0.2, 0.25) is 5.69 Å². The molecular formula is C24H32N3O2+. The van der Waals surface area contributed by atoms with Crippen molar-refractivity contribution in [3.05, 3.63) is 65.1 Å². The molecule has 0 saturated carbocycles. The molecule has 0 spiro atoms. The smallest absolute Gasteiger partial charge is 0.407 e. The van der Waals surface area contributed by atoms with Crippen molar-refractivity contribution in [2.45, 2.75) is 52.2 Å². The zero-order valence-corrected chi connectivity index (χ0v) is 18.5. The van der Waals surface area contributed by atoms with E-state index < -0.39 is 11.7 Å². The predicted molar refractivity (Wildman–Crippen MR) is 116 cm³/mol. The Bertz CT molecular complexity index is 953. The van der Waals surface area contributed by atoms with Crippen molar-refractivity contribution >= 4 is 12.2 Å². The fourth-order valence-electron chi connectivity index (χ4n) is 3.58. The van der Waals surface area contributed by atoms with Crippen molar-refractivity contribution < 1.29 is 14.1 Å². The summed E-state index contributed by atoms with van der Waals surface area (Å²) in [7, 11) is 4.04. The average Bonchev–Trinajstić information content (AvgIpc) is 2.84. The number of alkyl carbamates (subject to hydrolysis) is 1. The zero-order chi connectivity index (χ0) is 21.4. The highest BCUT2D eigenvalue weighted by molar-refractivity contribution is 5.67. The van der Waals surface area contributed by atoms with Crippen molar-refractivity contribution in [2.24, 2.45) is 0 Å². The van der Waals surface area contributed by atoms with Gasteiger partial charge in [0.1, 0.15) is 5.60 Å². The monoisotopic (exact) mass is 394 g/mol. The Labute approximate surface area is 174 Å². The van der Waals surface area contributed by atoms with Gasteiger partial charge in [0.25, 0.3) is 0 Å².